The zero-order valence-electron chi connectivity index (χ0n) is 9.90. The van der Waals surface area contributed by atoms with Crippen LogP contribution in [-0.2, 0) is 9.84 Å². The molecule has 1 aliphatic heterocycles. The fraction of sp³-hybridized carbons (Fsp3) is 0.600. The predicted octanol–water partition coefficient (Wildman–Crippen LogP) is -0.152. The summed E-state index contributed by atoms with van der Waals surface area (Å²) in [6.07, 6.45) is 2.07. The molecule has 6 nitrogen and oxygen atoms in total. The number of rotatable bonds is 2. The Balaban J connectivity index is 2.48. The number of nitrogens with two attached hydrogens (primary N) is 1. The van der Waals surface area contributed by atoms with E-state index in [4.69, 9.17) is 5.73 Å². The fourth-order valence-electron chi connectivity index (χ4n) is 2.12. The van der Waals surface area contributed by atoms with E-state index in [1.165, 1.54) is 0 Å². The smallest absolute Gasteiger partial charge is 0.180 e. The first kappa shape index (κ1) is 12.3. The maximum Gasteiger partial charge on any atom is 0.180 e. The van der Waals surface area contributed by atoms with Gasteiger partial charge in [-0.15, -0.1) is 0 Å². The second-order valence-corrected chi connectivity index (χ2v) is 6.30. The first-order valence-corrected chi connectivity index (χ1v) is 7.33. The third kappa shape index (κ3) is 2.39. The molecule has 2 heterocycles. The van der Waals surface area contributed by atoms with Gasteiger partial charge in [-0.05, 0) is 19.9 Å². The van der Waals surface area contributed by atoms with Crippen LogP contribution in [-0.4, -0.2) is 37.7 Å². The molecule has 94 valence electrons. The second kappa shape index (κ2) is 4.23. The van der Waals surface area contributed by atoms with Gasteiger partial charge in [0, 0.05) is 18.7 Å². The molecule has 0 radical (unpaired) electrons. The Morgan fingerprint density at radius 3 is 2.59 bits per heavy atom. The lowest BCUT2D eigenvalue weighted by Gasteiger charge is -2.12. The molecule has 1 unspecified atom stereocenters. The summed E-state index contributed by atoms with van der Waals surface area (Å²) in [7, 11) is -3.37. The molecule has 1 aliphatic rings. The first-order valence-electron chi connectivity index (χ1n) is 5.44. The monoisotopic (exact) mass is 256 g/mol. The van der Waals surface area contributed by atoms with E-state index in [-0.39, 0.29) is 16.6 Å². The highest BCUT2D eigenvalue weighted by atomic mass is 32.2. The van der Waals surface area contributed by atoms with Crippen LogP contribution < -0.4 is 11.1 Å². The van der Waals surface area contributed by atoms with Crippen molar-refractivity contribution in [3.05, 3.63) is 11.5 Å². The molecule has 0 saturated carbocycles. The van der Waals surface area contributed by atoms with Gasteiger partial charge in [-0.2, -0.15) is 0 Å². The fourth-order valence-corrected chi connectivity index (χ4v) is 3.13. The van der Waals surface area contributed by atoms with Crippen molar-refractivity contribution in [1.82, 2.24) is 15.3 Å². The minimum atomic E-state index is -3.37. The number of aryl methyl sites for hydroxylation is 1. The van der Waals surface area contributed by atoms with E-state index in [9.17, 15) is 8.42 Å². The van der Waals surface area contributed by atoms with Crippen molar-refractivity contribution in [2.24, 2.45) is 0 Å². The van der Waals surface area contributed by atoms with Gasteiger partial charge in [0.25, 0.3) is 0 Å². The summed E-state index contributed by atoms with van der Waals surface area (Å²) in [5, 5.41) is 3.22. The van der Waals surface area contributed by atoms with Crippen LogP contribution in [0.25, 0.3) is 0 Å². The molecule has 1 fully saturated rings. The highest BCUT2D eigenvalue weighted by Crippen LogP contribution is 2.24. The molecule has 1 saturated heterocycles. The van der Waals surface area contributed by atoms with Crippen LogP contribution in [0.15, 0.2) is 4.90 Å². The molecule has 0 amide bonds. The molecule has 1 aromatic rings. The Kier molecular flexibility index (Phi) is 3.05. The van der Waals surface area contributed by atoms with Gasteiger partial charge in [0.05, 0.1) is 5.69 Å². The number of aromatic nitrogens is 2. The lowest BCUT2D eigenvalue weighted by atomic mass is 10.1. The SMILES string of the molecule is Cc1nc(C2CCNC2)nc(N)c1S(C)(=O)=O. The van der Waals surface area contributed by atoms with Crippen LogP contribution in [0.4, 0.5) is 5.82 Å². The normalized spacial score (nSPS) is 20.7. The van der Waals surface area contributed by atoms with Crippen molar-refractivity contribution >= 4 is 15.7 Å². The van der Waals surface area contributed by atoms with E-state index in [2.05, 4.69) is 15.3 Å². The third-order valence-corrected chi connectivity index (χ3v) is 4.12. The second-order valence-electron chi connectivity index (χ2n) is 4.34. The zero-order valence-corrected chi connectivity index (χ0v) is 10.7. The number of anilines is 1. The Morgan fingerprint density at radius 1 is 1.41 bits per heavy atom. The largest absolute Gasteiger partial charge is 0.382 e. The summed E-state index contributed by atoms with van der Waals surface area (Å²) < 4.78 is 23.1. The Bertz CT molecular complexity index is 512. The van der Waals surface area contributed by atoms with Crippen molar-refractivity contribution < 1.29 is 8.42 Å². The maximum absolute atomic E-state index is 11.5. The quantitative estimate of drug-likeness (QED) is 0.763. The molecule has 1 atom stereocenters. The van der Waals surface area contributed by atoms with Crippen molar-refractivity contribution in [1.29, 1.82) is 0 Å². The molecule has 3 N–H and O–H groups in total. The number of hydrogen-bond acceptors (Lipinski definition) is 6. The highest BCUT2D eigenvalue weighted by molar-refractivity contribution is 7.90. The summed E-state index contributed by atoms with van der Waals surface area (Å²) in [5.41, 5.74) is 6.16. The summed E-state index contributed by atoms with van der Waals surface area (Å²) in [6, 6.07) is 0. The van der Waals surface area contributed by atoms with Crippen LogP contribution in [0.2, 0.25) is 0 Å². The Labute approximate surface area is 101 Å². The number of hydrogen-bond donors (Lipinski definition) is 2. The number of sulfone groups is 1. The number of nitrogen functional groups attached to an aromatic ring is 1. The molecule has 0 aromatic carbocycles. The van der Waals surface area contributed by atoms with E-state index in [1.807, 2.05) is 0 Å². The summed E-state index contributed by atoms with van der Waals surface area (Å²) in [5.74, 6) is 0.920. The predicted molar refractivity (Wildman–Crippen MR) is 64.5 cm³/mol. The van der Waals surface area contributed by atoms with E-state index in [0.717, 1.165) is 25.8 Å². The summed E-state index contributed by atoms with van der Waals surface area (Å²) in [4.78, 5) is 8.45. The molecule has 2 rings (SSSR count). The average Bonchev–Trinajstić information content (AvgIpc) is 2.66. The number of nitrogens with one attached hydrogen (secondary N) is 1. The van der Waals surface area contributed by atoms with Gasteiger partial charge in [0.15, 0.2) is 9.84 Å². The van der Waals surface area contributed by atoms with Crippen LogP contribution in [0.1, 0.15) is 23.9 Å². The third-order valence-electron chi connectivity index (χ3n) is 2.87. The lowest BCUT2D eigenvalue weighted by molar-refractivity contribution is 0.599. The van der Waals surface area contributed by atoms with Gasteiger partial charge in [0.1, 0.15) is 16.5 Å². The lowest BCUT2D eigenvalue weighted by Crippen LogP contribution is -2.15. The topological polar surface area (TPSA) is 98.0 Å². The molecule has 7 heteroatoms. The van der Waals surface area contributed by atoms with Crippen molar-refractivity contribution in [2.75, 3.05) is 25.1 Å². The standard InChI is InChI=1S/C10H16N4O2S/c1-6-8(17(2,15)16)9(11)14-10(13-6)7-3-4-12-5-7/h7,12H,3-5H2,1-2H3,(H2,11,13,14). The van der Waals surface area contributed by atoms with Gasteiger partial charge < -0.3 is 11.1 Å². The van der Waals surface area contributed by atoms with Gasteiger partial charge in [-0.1, -0.05) is 0 Å². The summed E-state index contributed by atoms with van der Waals surface area (Å²) >= 11 is 0. The van der Waals surface area contributed by atoms with Gasteiger partial charge >= 0.3 is 0 Å². The maximum atomic E-state index is 11.5. The van der Waals surface area contributed by atoms with E-state index in [1.54, 1.807) is 6.92 Å². The molecule has 0 aliphatic carbocycles. The van der Waals surface area contributed by atoms with Crippen LogP contribution in [0, 0.1) is 6.92 Å². The van der Waals surface area contributed by atoms with E-state index < -0.39 is 9.84 Å². The van der Waals surface area contributed by atoms with Crippen LogP contribution >= 0.6 is 0 Å². The minimum absolute atomic E-state index is 0.0483. The molecule has 0 spiro atoms. The average molecular weight is 256 g/mol. The van der Waals surface area contributed by atoms with Crippen LogP contribution in [0.3, 0.4) is 0 Å². The molecular weight excluding hydrogens is 240 g/mol. The zero-order chi connectivity index (χ0) is 12.6. The molecule has 17 heavy (non-hydrogen) atoms. The van der Waals surface area contributed by atoms with Crippen molar-refractivity contribution in [3.63, 3.8) is 0 Å². The number of nitrogens with zero attached hydrogens (tertiary/aromatic N) is 2. The van der Waals surface area contributed by atoms with Crippen molar-refractivity contribution in [2.45, 2.75) is 24.2 Å². The summed E-state index contributed by atoms with van der Waals surface area (Å²) in [6.45, 7) is 3.40. The van der Waals surface area contributed by atoms with Gasteiger partial charge in [0.2, 0.25) is 0 Å². The molecule has 1 aromatic heterocycles. The van der Waals surface area contributed by atoms with Gasteiger partial charge in [-0.25, -0.2) is 18.4 Å². The van der Waals surface area contributed by atoms with E-state index >= 15 is 0 Å². The Hall–Kier alpha value is -1.21. The molecule has 0 bridgehead atoms. The van der Waals surface area contributed by atoms with Gasteiger partial charge in [-0.3, -0.25) is 0 Å². The van der Waals surface area contributed by atoms with Crippen LogP contribution in [0.5, 0.6) is 0 Å². The minimum Gasteiger partial charge on any atom is -0.382 e. The Morgan fingerprint density at radius 2 is 2.12 bits per heavy atom. The van der Waals surface area contributed by atoms with E-state index in [0.29, 0.717) is 11.5 Å². The van der Waals surface area contributed by atoms with Crippen molar-refractivity contribution in [3.8, 4) is 0 Å². The highest BCUT2D eigenvalue weighted by Gasteiger charge is 2.24. The molecular formula is C10H16N4O2S. The first-order chi connectivity index (χ1) is 7.89.